The Hall–Kier alpha value is -3.54. The third-order valence-corrected chi connectivity index (χ3v) is 6.09. The molecule has 0 aliphatic carbocycles. The van der Waals surface area contributed by atoms with Gasteiger partial charge in [0.05, 0.1) is 0 Å². The summed E-state index contributed by atoms with van der Waals surface area (Å²) < 4.78 is 11.2. The molecule has 3 aromatic rings. The molecule has 0 atom stereocenters. The third kappa shape index (κ3) is 5.28. The lowest BCUT2D eigenvalue weighted by atomic mass is 10.0. The Morgan fingerprint density at radius 1 is 1.09 bits per heavy atom. The highest BCUT2D eigenvalue weighted by Crippen LogP contribution is 2.25. The van der Waals surface area contributed by atoms with Crippen LogP contribution in [0.4, 0.5) is 5.69 Å². The van der Waals surface area contributed by atoms with E-state index in [1.807, 2.05) is 49.1 Å². The first kappa shape index (κ1) is 22.6. The fraction of sp³-hybridized carbons (Fsp3) is 0.333. The first-order valence-electron chi connectivity index (χ1n) is 11.3. The molecule has 6 nitrogen and oxygen atoms in total. The minimum absolute atomic E-state index is 0.0742. The highest BCUT2D eigenvalue weighted by Gasteiger charge is 2.22. The van der Waals surface area contributed by atoms with Gasteiger partial charge < -0.3 is 19.0 Å². The van der Waals surface area contributed by atoms with Crippen LogP contribution in [0.2, 0.25) is 0 Å². The number of hydrogen-bond acceptors (Lipinski definition) is 5. The van der Waals surface area contributed by atoms with Crippen molar-refractivity contribution >= 4 is 22.6 Å². The number of hydrogen-bond donors (Lipinski definition) is 0. The Labute approximate surface area is 194 Å². The van der Waals surface area contributed by atoms with E-state index in [1.165, 1.54) is 5.69 Å². The Kier molecular flexibility index (Phi) is 6.82. The zero-order valence-corrected chi connectivity index (χ0v) is 19.3. The summed E-state index contributed by atoms with van der Waals surface area (Å²) in [5, 5.41) is 0.858. The van der Waals surface area contributed by atoms with E-state index in [4.69, 9.17) is 9.15 Å². The lowest BCUT2D eigenvalue weighted by Gasteiger charge is -2.36. The number of fused-ring (bicyclic) bond motifs is 1. The number of carbonyl (C=O) groups is 1. The van der Waals surface area contributed by atoms with E-state index >= 15 is 0 Å². The second-order valence-electron chi connectivity index (χ2n) is 8.60. The van der Waals surface area contributed by atoms with Crippen molar-refractivity contribution in [3.05, 3.63) is 82.2 Å². The van der Waals surface area contributed by atoms with Crippen LogP contribution in [0.3, 0.4) is 0 Å². The van der Waals surface area contributed by atoms with Gasteiger partial charge in [0, 0.05) is 55.3 Å². The van der Waals surface area contributed by atoms with Crippen LogP contribution in [-0.2, 0) is 11.2 Å². The van der Waals surface area contributed by atoms with Gasteiger partial charge in [0.15, 0.2) is 0 Å². The molecule has 1 aliphatic heterocycles. The Morgan fingerprint density at radius 3 is 2.52 bits per heavy atom. The molecule has 0 unspecified atom stereocenters. The molecule has 1 fully saturated rings. The number of anilines is 1. The molecule has 2 heterocycles. The molecular formula is C27H30N2O4. The average molecular weight is 447 g/mol. The van der Waals surface area contributed by atoms with Gasteiger partial charge in [-0.15, -0.1) is 0 Å². The molecule has 0 spiro atoms. The predicted molar refractivity (Wildman–Crippen MR) is 131 cm³/mol. The Balaban J connectivity index is 1.39. The van der Waals surface area contributed by atoms with Crippen molar-refractivity contribution in [1.82, 2.24) is 4.90 Å². The quantitative estimate of drug-likeness (QED) is 0.399. The number of ether oxygens (including phenoxy) is 1. The average Bonchev–Trinajstić information content (AvgIpc) is 2.83. The van der Waals surface area contributed by atoms with Crippen molar-refractivity contribution < 1.29 is 13.9 Å². The topological polar surface area (TPSA) is 63.0 Å². The molecule has 1 amide bonds. The number of amides is 1. The second-order valence-corrected chi connectivity index (χ2v) is 8.60. The van der Waals surface area contributed by atoms with E-state index in [1.54, 1.807) is 6.07 Å². The van der Waals surface area contributed by atoms with Crippen LogP contribution in [0.15, 0.2) is 69.9 Å². The highest BCUT2D eigenvalue weighted by atomic mass is 16.5. The van der Waals surface area contributed by atoms with E-state index in [9.17, 15) is 9.59 Å². The molecule has 1 aromatic heterocycles. The molecule has 0 bridgehead atoms. The van der Waals surface area contributed by atoms with Gasteiger partial charge in [0.2, 0.25) is 5.91 Å². The fourth-order valence-corrected chi connectivity index (χ4v) is 4.20. The fourth-order valence-electron chi connectivity index (χ4n) is 4.20. The first-order valence-corrected chi connectivity index (χ1v) is 11.3. The summed E-state index contributed by atoms with van der Waals surface area (Å²) in [4.78, 5) is 29.7. The zero-order valence-electron chi connectivity index (χ0n) is 19.3. The molecule has 0 radical (unpaired) electrons. The van der Waals surface area contributed by atoms with E-state index in [0.717, 1.165) is 29.6 Å². The number of aryl methyl sites for hydroxylation is 1. The number of carbonyl (C=O) groups excluding carboxylic acids is 1. The van der Waals surface area contributed by atoms with Gasteiger partial charge in [0.1, 0.15) is 17.9 Å². The maximum absolute atomic E-state index is 12.8. The van der Waals surface area contributed by atoms with Crippen LogP contribution in [0.5, 0.6) is 5.75 Å². The Morgan fingerprint density at radius 2 is 1.82 bits per heavy atom. The van der Waals surface area contributed by atoms with Gasteiger partial charge in [-0.2, -0.15) is 0 Å². The summed E-state index contributed by atoms with van der Waals surface area (Å²) in [6, 6.07) is 15.7. The molecule has 172 valence electrons. The van der Waals surface area contributed by atoms with E-state index in [2.05, 4.69) is 23.6 Å². The number of para-hydroxylation sites is 1. The minimum Gasteiger partial charge on any atom is -0.489 e. The maximum atomic E-state index is 12.8. The van der Waals surface area contributed by atoms with E-state index in [0.29, 0.717) is 49.4 Å². The van der Waals surface area contributed by atoms with Crippen LogP contribution in [0, 0.1) is 6.92 Å². The predicted octanol–water partition coefficient (Wildman–Crippen LogP) is 4.34. The van der Waals surface area contributed by atoms with Gasteiger partial charge in [-0.25, -0.2) is 4.79 Å². The van der Waals surface area contributed by atoms with Gasteiger partial charge in [-0.1, -0.05) is 24.8 Å². The number of piperazine rings is 1. The number of benzene rings is 2. The first-order chi connectivity index (χ1) is 15.9. The summed E-state index contributed by atoms with van der Waals surface area (Å²) >= 11 is 0. The van der Waals surface area contributed by atoms with Gasteiger partial charge >= 0.3 is 5.63 Å². The molecule has 1 aliphatic rings. The van der Waals surface area contributed by atoms with Crippen LogP contribution in [-0.4, -0.2) is 43.6 Å². The van der Waals surface area contributed by atoms with Crippen LogP contribution in [0.25, 0.3) is 11.0 Å². The molecule has 0 saturated carbocycles. The van der Waals surface area contributed by atoms with Crippen LogP contribution < -0.4 is 15.3 Å². The maximum Gasteiger partial charge on any atom is 0.339 e. The van der Waals surface area contributed by atoms with Crippen molar-refractivity contribution in [2.75, 3.05) is 37.7 Å². The highest BCUT2D eigenvalue weighted by molar-refractivity contribution is 5.83. The van der Waals surface area contributed by atoms with Gasteiger partial charge in [0.25, 0.3) is 0 Å². The van der Waals surface area contributed by atoms with Crippen molar-refractivity contribution in [3.8, 4) is 5.75 Å². The van der Waals surface area contributed by atoms with Crippen molar-refractivity contribution in [2.45, 2.75) is 26.7 Å². The summed E-state index contributed by atoms with van der Waals surface area (Å²) in [5.74, 6) is 0.704. The lowest BCUT2D eigenvalue weighted by Crippen LogP contribution is -2.48. The number of rotatable bonds is 7. The minimum atomic E-state index is -0.390. The zero-order chi connectivity index (χ0) is 23.4. The monoisotopic (exact) mass is 446 g/mol. The van der Waals surface area contributed by atoms with Crippen molar-refractivity contribution in [2.24, 2.45) is 0 Å². The summed E-state index contributed by atoms with van der Waals surface area (Å²) in [5.41, 5.74) is 3.61. The molecule has 4 rings (SSSR count). The van der Waals surface area contributed by atoms with Gasteiger partial charge in [-0.05, 0) is 55.7 Å². The summed E-state index contributed by atoms with van der Waals surface area (Å²) in [7, 11) is 0. The summed E-state index contributed by atoms with van der Waals surface area (Å²) in [6.07, 6.45) is 0.665. The normalized spacial score (nSPS) is 13.9. The van der Waals surface area contributed by atoms with Crippen molar-refractivity contribution in [1.29, 1.82) is 0 Å². The molecule has 33 heavy (non-hydrogen) atoms. The number of nitrogens with zero attached hydrogens (tertiary/aromatic N) is 2. The largest absolute Gasteiger partial charge is 0.489 e. The smallest absolute Gasteiger partial charge is 0.339 e. The third-order valence-electron chi connectivity index (χ3n) is 6.09. The second kappa shape index (κ2) is 9.94. The van der Waals surface area contributed by atoms with Crippen molar-refractivity contribution in [3.63, 3.8) is 0 Å². The standard InChI is InChI=1S/C27H30N2O4/c1-19(2)18-32-22-9-10-23-20(3)24(27(31)33-25(23)17-22)11-12-26(30)29-15-13-28(14-16-29)21-7-5-4-6-8-21/h4-10,17H,1,11-16,18H2,2-3H3. The Bertz CT molecular complexity index is 1210. The molecule has 2 aromatic carbocycles. The van der Waals surface area contributed by atoms with Gasteiger partial charge in [-0.3, -0.25) is 4.79 Å². The van der Waals surface area contributed by atoms with Crippen LogP contribution >= 0.6 is 0 Å². The van der Waals surface area contributed by atoms with E-state index < -0.39 is 5.63 Å². The van der Waals surface area contributed by atoms with Crippen LogP contribution in [0.1, 0.15) is 24.5 Å². The lowest BCUT2D eigenvalue weighted by molar-refractivity contribution is -0.131. The molecule has 0 N–H and O–H groups in total. The summed E-state index contributed by atoms with van der Waals surface area (Å²) in [6.45, 7) is 11.0. The van der Waals surface area contributed by atoms with E-state index in [-0.39, 0.29) is 5.91 Å². The molecule has 6 heteroatoms. The molecular weight excluding hydrogens is 416 g/mol. The SMILES string of the molecule is C=C(C)COc1ccc2c(C)c(CCC(=O)N3CCN(c4ccccc4)CC3)c(=O)oc2c1. The molecule has 1 saturated heterocycles.